The highest BCUT2D eigenvalue weighted by molar-refractivity contribution is 6.03. The maximum absolute atomic E-state index is 12.8. The fourth-order valence-corrected chi connectivity index (χ4v) is 4.39. The molecular weight excluding hydrogens is 448 g/mol. The second kappa shape index (κ2) is 10.0. The van der Waals surface area contributed by atoms with Crippen molar-refractivity contribution in [3.63, 3.8) is 0 Å². The van der Waals surface area contributed by atoms with E-state index < -0.39 is 24.0 Å². The van der Waals surface area contributed by atoms with Crippen molar-refractivity contribution in [1.29, 1.82) is 0 Å². The van der Waals surface area contributed by atoms with Gasteiger partial charge in [-0.1, -0.05) is 68.8 Å². The van der Waals surface area contributed by atoms with Gasteiger partial charge in [0, 0.05) is 13.0 Å². The van der Waals surface area contributed by atoms with Crippen molar-refractivity contribution in [1.82, 2.24) is 15.1 Å². The largest absolute Gasteiger partial charge is 0.480 e. The summed E-state index contributed by atoms with van der Waals surface area (Å²) >= 11 is 0. The summed E-state index contributed by atoms with van der Waals surface area (Å²) in [6, 6.07) is 15.0. The summed E-state index contributed by atoms with van der Waals surface area (Å²) < 4.78 is 6.89. The molecule has 0 saturated carbocycles. The summed E-state index contributed by atoms with van der Waals surface area (Å²) in [7, 11) is 1.57. The molecule has 4 rings (SSSR count). The van der Waals surface area contributed by atoms with E-state index in [1.807, 2.05) is 43.3 Å². The van der Waals surface area contributed by atoms with Crippen molar-refractivity contribution >= 4 is 23.8 Å². The van der Waals surface area contributed by atoms with Gasteiger partial charge in [0.25, 0.3) is 5.91 Å². The number of anilines is 1. The molecule has 0 radical (unpaired) electrons. The van der Waals surface area contributed by atoms with E-state index in [2.05, 4.69) is 27.9 Å². The van der Waals surface area contributed by atoms with Crippen LogP contribution in [0.25, 0.3) is 11.1 Å². The molecule has 1 aromatic heterocycles. The minimum atomic E-state index is -1.12. The zero-order chi connectivity index (χ0) is 25.1. The summed E-state index contributed by atoms with van der Waals surface area (Å²) in [5.74, 6) is -2.02. The highest BCUT2D eigenvalue weighted by Gasteiger charge is 2.30. The molecule has 35 heavy (non-hydrogen) atoms. The Morgan fingerprint density at radius 1 is 1.09 bits per heavy atom. The minimum Gasteiger partial charge on any atom is -0.480 e. The summed E-state index contributed by atoms with van der Waals surface area (Å²) in [5, 5.41) is 18.6. The molecule has 0 bridgehead atoms. The molecular formula is C26H28N4O5. The number of aliphatic carboxylic acids is 1. The molecule has 1 aliphatic carbocycles. The second-order valence-electron chi connectivity index (χ2n) is 8.66. The minimum absolute atomic E-state index is 0.0514. The number of aromatic nitrogens is 2. The van der Waals surface area contributed by atoms with Gasteiger partial charge < -0.3 is 15.2 Å². The zero-order valence-electron chi connectivity index (χ0n) is 19.8. The fourth-order valence-electron chi connectivity index (χ4n) is 4.39. The van der Waals surface area contributed by atoms with E-state index in [1.54, 1.807) is 14.0 Å². The topological polar surface area (TPSA) is 123 Å². The molecule has 3 N–H and O–H groups in total. The number of ether oxygens (including phenoxy) is 1. The first kappa shape index (κ1) is 24.0. The van der Waals surface area contributed by atoms with Gasteiger partial charge in [-0.3, -0.25) is 14.8 Å². The van der Waals surface area contributed by atoms with Crippen LogP contribution in [-0.2, 0) is 16.6 Å². The molecule has 0 spiro atoms. The number of carboxylic acid groups (broad SMARTS) is 1. The molecule has 182 valence electrons. The number of nitrogens with one attached hydrogen (secondary N) is 2. The van der Waals surface area contributed by atoms with Crippen LogP contribution in [0.2, 0.25) is 0 Å². The van der Waals surface area contributed by atoms with E-state index in [1.165, 1.54) is 10.9 Å². The molecule has 2 atom stereocenters. The predicted molar refractivity (Wildman–Crippen MR) is 130 cm³/mol. The van der Waals surface area contributed by atoms with E-state index in [9.17, 15) is 19.5 Å². The van der Waals surface area contributed by atoms with E-state index >= 15 is 0 Å². The van der Waals surface area contributed by atoms with Crippen molar-refractivity contribution in [3.8, 4) is 11.1 Å². The summed E-state index contributed by atoms with van der Waals surface area (Å²) in [5.41, 5.74) is 4.48. The van der Waals surface area contributed by atoms with Gasteiger partial charge in [-0.25, -0.2) is 9.59 Å². The summed E-state index contributed by atoms with van der Waals surface area (Å²) in [6.07, 6.45) is 1.13. The summed E-state index contributed by atoms with van der Waals surface area (Å²) in [6.45, 7) is 3.72. The van der Waals surface area contributed by atoms with Crippen LogP contribution in [0.3, 0.4) is 0 Å². The zero-order valence-corrected chi connectivity index (χ0v) is 19.8. The van der Waals surface area contributed by atoms with Gasteiger partial charge in [-0.2, -0.15) is 5.10 Å². The van der Waals surface area contributed by atoms with Crippen LogP contribution in [0.15, 0.2) is 54.7 Å². The SMILES string of the molecule is CCC(C)[C@H](NC(=O)c1cnn(C)c1NC(=O)OCC1c2ccccc2-c2ccccc21)C(=O)O. The van der Waals surface area contributed by atoms with Crippen molar-refractivity contribution < 1.29 is 24.2 Å². The number of benzene rings is 2. The Hall–Kier alpha value is -4.14. The van der Waals surface area contributed by atoms with Gasteiger partial charge in [0.2, 0.25) is 0 Å². The molecule has 0 fully saturated rings. The van der Waals surface area contributed by atoms with Crippen LogP contribution in [-0.4, -0.2) is 45.5 Å². The number of rotatable bonds is 8. The monoisotopic (exact) mass is 476 g/mol. The van der Waals surface area contributed by atoms with Crippen LogP contribution in [0.4, 0.5) is 10.6 Å². The Morgan fingerprint density at radius 2 is 1.69 bits per heavy atom. The molecule has 0 saturated heterocycles. The number of amides is 2. The quantitative estimate of drug-likeness (QED) is 0.452. The van der Waals surface area contributed by atoms with Crippen molar-refractivity contribution in [3.05, 3.63) is 71.4 Å². The Morgan fingerprint density at radius 3 is 2.26 bits per heavy atom. The Balaban J connectivity index is 1.46. The first-order chi connectivity index (χ1) is 16.8. The number of carbonyl (C=O) groups is 3. The lowest BCUT2D eigenvalue weighted by Crippen LogP contribution is -2.45. The van der Waals surface area contributed by atoms with Crippen LogP contribution in [0.1, 0.15) is 47.7 Å². The number of carboxylic acids is 1. The van der Waals surface area contributed by atoms with Gasteiger partial charge >= 0.3 is 12.1 Å². The molecule has 9 heteroatoms. The van der Waals surface area contributed by atoms with Crippen LogP contribution in [0.5, 0.6) is 0 Å². The molecule has 1 aliphatic rings. The lowest BCUT2D eigenvalue weighted by atomic mass is 9.98. The molecule has 1 unspecified atom stereocenters. The van der Waals surface area contributed by atoms with Crippen LogP contribution in [0, 0.1) is 5.92 Å². The van der Waals surface area contributed by atoms with Gasteiger partial charge in [0.1, 0.15) is 24.0 Å². The molecule has 0 aliphatic heterocycles. The highest BCUT2D eigenvalue weighted by atomic mass is 16.5. The summed E-state index contributed by atoms with van der Waals surface area (Å²) in [4.78, 5) is 37.1. The first-order valence-electron chi connectivity index (χ1n) is 11.5. The third-order valence-electron chi connectivity index (χ3n) is 6.51. The van der Waals surface area contributed by atoms with E-state index in [-0.39, 0.29) is 29.8 Å². The third kappa shape index (κ3) is 4.75. The Bertz CT molecular complexity index is 1220. The van der Waals surface area contributed by atoms with Crippen molar-refractivity contribution in [2.75, 3.05) is 11.9 Å². The van der Waals surface area contributed by atoms with Crippen molar-refractivity contribution in [2.45, 2.75) is 32.2 Å². The number of carbonyl (C=O) groups excluding carboxylic acids is 2. The molecule has 9 nitrogen and oxygen atoms in total. The lowest BCUT2D eigenvalue weighted by molar-refractivity contribution is -0.140. The van der Waals surface area contributed by atoms with E-state index in [0.717, 1.165) is 22.3 Å². The first-order valence-corrected chi connectivity index (χ1v) is 11.5. The van der Waals surface area contributed by atoms with Gasteiger partial charge in [-0.15, -0.1) is 0 Å². The van der Waals surface area contributed by atoms with Crippen LogP contribution < -0.4 is 10.6 Å². The van der Waals surface area contributed by atoms with Crippen molar-refractivity contribution in [2.24, 2.45) is 13.0 Å². The normalized spacial score (nSPS) is 13.9. The smallest absolute Gasteiger partial charge is 0.412 e. The Labute approximate surface area is 203 Å². The van der Waals surface area contributed by atoms with E-state index in [0.29, 0.717) is 6.42 Å². The number of aryl methyl sites for hydroxylation is 1. The standard InChI is InChI=1S/C26H28N4O5/c1-4-15(2)22(25(32)33)28-24(31)20-13-27-30(3)23(20)29-26(34)35-14-21-18-11-7-5-9-16(18)17-10-6-8-12-19(17)21/h5-13,15,21-22H,4,14H2,1-3H3,(H,28,31)(H,29,34)(H,32,33)/t15?,22-/m0/s1. The van der Waals surface area contributed by atoms with Crippen LogP contribution >= 0.6 is 0 Å². The average molecular weight is 477 g/mol. The van der Waals surface area contributed by atoms with E-state index in [4.69, 9.17) is 4.74 Å². The maximum Gasteiger partial charge on any atom is 0.412 e. The highest BCUT2D eigenvalue weighted by Crippen LogP contribution is 2.44. The van der Waals surface area contributed by atoms with Gasteiger partial charge in [-0.05, 0) is 28.2 Å². The number of hydrogen-bond donors (Lipinski definition) is 3. The fraction of sp³-hybridized carbons (Fsp3) is 0.308. The predicted octanol–water partition coefficient (Wildman–Crippen LogP) is 4.01. The Kier molecular flexibility index (Phi) is 6.86. The second-order valence-corrected chi connectivity index (χ2v) is 8.66. The molecule has 3 aromatic rings. The number of hydrogen-bond acceptors (Lipinski definition) is 5. The average Bonchev–Trinajstić information content (AvgIpc) is 3.38. The lowest BCUT2D eigenvalue weighted by Gasteiger charge is -2.20. The van der Waals surface area contributed by atoms with Gasteiger partial charge in [0.15, 0.2) is 0 Å². The number of nitrogens with zero attached hydrogens (tertiary/aromatic N) is 2. The number of fused-ring (bicyclic) bond motifs is 3. The molecule has 2 aromatic carbocycles. The maximum atomic E-state index is 12.8. The van der Waals surface area contributed by atoms with Gasteiger partial charge in [0.05, 0.1) is 6.20 Å². The molecule has 2 amide bonds. The third-order valence-corrected chi connectivity index (χ3v) is 6.51. The molecule has 1 heterocycles.